The van der Waals surface area contributed by atoms with Crippen LogP contribution in [0.3, 0.4) is 0 Å². The Morgan fingerprint density at radius 3 is 2.17 bits per heavy atom. The molecule has 8 nitrogen and oxygen atoms in total. The van der Waals surface area contributed by atoms with Gasteiger partial charge < -0.3 is 9.84 Å². The van der Waals surface area contributed by atoms with E-state index in [2.05, 4.69) is 19.2 Å². The second-order valence-electron chi connectivity index (χ2n) is 9.69. The standard InChI is InChI=1S/C26H30N2O4S.C2HF3O2/c1-5-16(2)33-19-13-11-18(12-14-19)22-20-21(24(30)28(3)23(20)29)26(27-22,25(31)32-4)15-17-9-7-6-8-10-17;3-2(4,5)1(6)7/h6-14,16,20-22,27H,5,15H2,1-4H3;(H,6,7)/t16?,20?,21?,22?,26-;/m1./s1. The van der Waals surface area contributed by atoms with Gasteiger partial charge in [-0.25, -0.2) is 4.79 Å². The van der Waals surface area contributed by atoms with E-state index < -0.39 is 41.5 Å². The molecular weight excluding hydrogens is 549 g/mol. The zero-order valence-corrected chi connectivity index (χ0v) is 23.2. The summed E-state index contributed by atoms with van der Waals surface area (Å²) in [5.41, 5.74) is 0.450. The largest absolute Gasteiger partial charge is 0.490 e. The minimum atomic E-state index is -5.08. The summed E-state index contributed by atoms with van der Waals surface area (Å²) in [4.78, 5) is 50.9. The summed E-state index contributed by atoms with van der Waals surface area (Å²) in [7, 11) is 2.82. The first-order chi connectivity index (χ1) is 18.8. The number of carboxylic acid groups (broad SMARTS) is 1. The fourth-order valence-electron chi connectivity index (χ4n) is 5.03. The molecule has 2 N–H and O–H groups in total. The molecule has 4 rings (SSSR count). The average Bonchev–Trinajstić information content (AvgIpc) is 3.38. The molecule has 0 spiro atoms. The van der Waals surface area contributed by atoms with Crippen LogP contribution in [0.2, 0.25) is 0 Å². The molecule has 0 aromatic heterocycles. The fraction of sp³-hybridized carbons (Fsp3) is 0.429. The first-order valence-corrected chi connectivity index (χ1v) is 13.4. The highest BCUT2D eigenvalue weighted by atomic mass is 32.2. The number of thioether (sulfide) groups is 1. The molecule has 2 heterocycles. The Bertz CT molecular complexity index is 1240. The first-order valence-electron chi connectivity index (χ1n) is 12.5. The normalized spacial score (nSPS) is 24.7. The molecule has 2 saturated heterocycles. The Morgan fingerprint density at radius 2 is 1.68 bits per heavy atom. The van der Waals surface area contributed by atoms with Crippen LogP contribution in [0.25, 0.3) is 0 Å². The third-order valence-electron chi connectivity index (χ3n) is 7.14. The molecule has 4 unspecified atom stereocenters. The molecule has 216 valence electrons. The third kappa shape index (κ3) is 6.33. The van der Waals surface area contributed by atoms with Gasteiger partial charge in [0.1, 0.15) is 5.54 Å². The monoisotopic (exact) mass is 580 g/mol. The Morgan fingerprint density at radius 1 is 1.10 bits per heavy atom. The van der Waals surface area contributed by atoms with Gasteiger partial charge in [-0.2, -0.15) is 13.2 Å². The Labute approximate surface area is 234 Å². The molecule has 2 aliphatic heterocycles. The van der Waals surface area contributed by atoms with Gasteiger partial charge in [-0.1, -0.05) is 56.3 Å². The molecule has 0 radical (unpaired) electrons. The van der Waals surface area contributed by atoms with E-state index in [1.54, 1.807) is 11.8 Å². The highest BCUT2D eigenvalue weighted by Gasteiger charge is 2.68. The number of carbonyl (C=O) groups is 4. The number of nitrogens with one attached hydrogen (secondary N) is 1. The number of amides is 2. The van der Waals surface area contributed by atoms with E-state index in [1.807, 2.05) is 54.6 Å². The van der Waals surface area contributed by atoms with Gasteiger partial charge in [-0.05, 0) is 29.7 Å². The number of hydrogen-bond donors (Lipinski definition) is 2. The molecule has 2 aromatic rings. The van der Waals surface area contributed by atoms with E-state index in [0.717, 1.165) is 22.4 Å². The molecule has 0 saturated carbocycles. The Hall–Kier alpha value is -3.38. The lowest BCUT2D eigenvalue weighted by Crippen LogP contribution is -2.57. The number of ether oxygens (including phenoxy) is 1. The molecule has 2 aliphatic rings. The van der Waals surface area contributed by atoms with E-state index in [9.17, 15) is 27.6 Å². The molecule has 2 fully saturated rings. The zero-order chi connectivity index (χ0) is 29.8. The van der Waals surface area contributed by atoms with Crippen molar-refractivity contribution in [1.82, 2.24) is 10.2 Å². The summed E-state index contributed by atoms with van der Waals surface area (Å²) in [6, 6.07) is 17.1. The van der Waals surface area contributed by atoms with Crippen molar-refractivity contribution in [3.05, 3.63) is 65.7 Å². The molecule has 0 aliphatic carbocycles. The number of carbonyl (C=O) groups excluding carboxylic acids is 3. The summed E-state index contributed by atoms with van der Waals surface area (Å²) >= 11 is 1.80. The maximum atomic E-state index is 13.3. The number of methoxy groups -OCH3 is 1. The van der Waals surface area contributed by atoms with Gasteiger partial charge >= 0.3 is 18.1 Å². The van der Waals surface area contributed by atoms with Crippen LogP contribution in [-0.4, -0.2) is 64.9 Å². The highest BCUT2D eigenvalue weighted by molar-refractivity contribution is 7.99. The Balaban J connectivity index is 0.000000559. The van der Waals surface area contributed by atoms with Crippen LogP contribution in [-0.2, 0) is 30.3 Å². The minimum Gasteiger partial charge on any atom is -0.475 e. The number of esters is 1. The summed E-state index contributed by atoms with van der Waals surface area (Å²) in [5.74, 6) is -5.39. The molecule has 2 amide bonds. The topological polar surface area (TPSA) is 113 Å². The van der Waals surface area contributed by atoms with Gasteiger partial charge in [0, 0.05) is 29.7 Å². The van der Waals surface area contributed by atoms with Crippen LogP contribution in [0, 0.1) is 11.8 Å². The van der Waals surface area contributed by atoms with Crippen molar-refractivity contribution >= 4 is 35.5 Å². The van der Waals surface area contributed by atoms with Crippen LogP contribution < -0.4 is 5.32 Å². The quantitative estimate of drug-likeness (QED) is 0.284. The number of likely N-dealkylation sites (tertiary alicyclic amines) is 1. The van der Waals surface area contributed by atoms with Crippen LogP contribution in [0.4, 0.5) is 13.2 Å². The second-order valence-corrected chi connectivity index (χ2v) is 11.2. The SMILES string of the molecule is CCC(C)Sc1ccc(C2N[C@@](Cc3ccccc3)(C(=O)OC)C3C(=O)N(C)C(=O)C23)cc1.O=C(O)C(F)(F)F. The predicted octanol–water partition coefficient (Wildman–Crippen LogP) is 4.24. The predicted molar refractivity (Wildman–Crippen MR) is 141 cm³/mol. The van der Waals surface area contributed by atoms with Gasteiger partial charge in [0.15, 0.2) is 0 Å². The number of alkyl halides is 3. The van der Waals surface area contributed by atoms with E-state index in [1.165, 1.54) is 19.1 Å². The van der Waals surface area contributed by atoms with Crippen LogP contribution in [0.5, 0.6) is 0 Å². The van der Waals surface area contributed by atoms with E-state index in [0.29, 0.717) is 5.25 Å². The highest BCUT2D eigenvalue weighted by Crippen LogP contribution is 2.50. The number of nitrogens with zero attached hydrogens (tertiary/aromatic N) is 1. The van der Waals surface area contributed by atoms with Crippen molar-refractivity contribution in [1.29, 1.82) is 0 Å². The average molecular weight is 581 g/mol. The number of benzene rings is 2. The maximum Gasteiger partial charge on any atom is 0.490 e. The lowest BCUT2D eigenvalue weighted by Gasteiger charge is -2.32. The van der Waals surface area contributed by atoms with Gasteiger partial charge in [0.05, 0.1) is 18.9 Å². The number of hydrogen-bond acceptors (Lipinski definition) is 7. The summed E-state index contributed by atoms with van der Waals surface area (Å²) in [6.45, 7) is 4.35. The number of carboxylic acids is 1. The number of halogens is 3. The van der Waals surface area contributed by atoms with Gasteiger partial charge in [-0.15, -0.1) is 11.8 Å². The van der Waals surface area contributed by atoms with Crippen molar-refractivity contribution in [2.24, 2.45) is 11.8 Å². The molecular formula is C28H31F3N2O6S. The lowest BCUT2D eigenvalue weighted by molar-refractivity contribution is -0.192. The maximum absolute atomic E-state index is 13.3. The first kappa shape index (κ1) is 31.2. The van der Waals surface area contributed by atoms with Crippen molar-refractivity contribution < 1.29 is 42.2 Å². The summed E-state index contributed by atoms with van der Waals surface area (Å²) < 4.78 is 36.9. The van der Waals surface area contributed by atoms with E-state index in [4.69, 9.17) is 14.6 Å². The molecule has 12 heteroatoms. The van der Waals surface area contributed by atoms with Crippen LogP contribution in [0.15, 0.2) is 59.5 Å². The number of aliphatic carboxylic acids is 1. The third-order valence-corrected chi connectivity index (χ3v) is 8.42. The van der Waals surface area contributed by atoms with Gasteiger partial charge in [0.25, 0.3) is 0 Å². The molecule has 2 aromatic carbocycles. The van der Waals surface area contributed by atoms with Gasteiger partial charge in [-0.3, -0.25) is 24.6 Å². The zero-order valence-electron chi connectivity index (χ0n) is 22.4. The summed E-state index contributed by atoms with van der Waals surface area (Å²) in [6.07, 6.45) is -3.75. The smallest absolute Gasteiger partial charge is 0.475 e. The molecule has 0 bridgehead atoms. The lowest BCUT2D eigenvalue weighted by atomic mass is 9.76. The minimum absolute atomic E-state index is 0.257. The van der Waals surface area contributed by atoms with E-state index >= 15 is 0 Å². The number of fused-ring (bicyclic) bond motifs is 1. The van der Waals surface area contributed by atoms with E-state index in [-0.39, 0.29) is 18.2 Å². The van der Waals surface area contributed by atoms with Crippen molar-refractivity contribution in [2.45, 2.75) is 54.6 Å². The second kappa shape index (κ2) is 12.4. The number of rotatable bonds is 7. The van der Waals surface area contributed by atoms with Gasteiger partial charge in [0.2, 0.25) is 11.8 Å². The van der Waals surface area contributed by atoms with Crippen LogP contribution >= 0.6 is 11.8 Å². The van der Waals surface area contributed by atoms with Crippen molar-refractivity contribution in [3.8, 4) is 0 Å². The number of imide groups is 1. The van der Waals surface area contributed by atoms with Crippen molar-refractivity contribution in [3.63, 3.8) is 0 Å². The summed E-state index contributed by atoms with van der Waals surface area (Å²) in [5, 5.41) is 11.1. The van der Waals surface area contributed by atoms with Crippen molar-refractivity contribution in [2.75, 3.05) is 14.2 Å². The fourth-order valence-corrected chi connectivity index (χ4v) is 5.95. The molecule has 40 heavy (non-hydrogen) atoms. The van der Waals surface area contributed by atoms with Crippen LogP contribution in [0.1, 0.15) is 37.4 Å². The molecule has 5 atom stereocenters. The Kier molecular flexibility index (Phi) is 9.68.